The van der Waals surface area contributed by atoms with E-state index in [1.54, 1.807) is 13.2 Å². The fourth-order valence-electron chi connectivity index (χ4n) is 2.88. The molecule has 4 aromatic rings. The van der Waals surface area contributed by atoms with Gasteiger partial charge in [0, 0.05) is 12.3 Å². The summed E-state index contributed by atoms with van der Waals surface area (Å²) in [6.07, 6.45) is 1.95. The number of pyridine rings is 1. The highest BCUT2D eigenvalue weighted by Gasteiger charge is 2.14. The average molecular weight is 349 g/mol. The minimum Gasteiger partial charge on any atom is -0.497 e. The normalized spacial score (nSPS) is 10.9. The van der Waals surface area contributed by atoms with Crippen LogP contribution in [0.2, 0.25) is 0 Å². The van der Waals surface area contributed by atoms with Crippen LogP contribution >= 0.6 is 0 Å². The quantitative estimate of drug-likeness (QED) is 0.553. The first-order valence-corrected chi connectivity index (χ1v) is 8.03. The summed E-state index contributed by atoms with van der Waals surface area (Å²) in [6.45, 7) is 0. The Morgan fingerprint density at radius 1 is 0.846 bits per heavy atom. The summed E-state index contributed by atoms with van der Waals surface area (Å²) in [7, 11) is 3.14. The molecular weight excluding hydrogens is 333 g/mol. The largest absolute Gasteiger partial charge is 0.497 e. The summed E-state index contributed by atoms with van der Waals surface area (Å²) in [5.41, 5.74) is 3.41. The fourth-order valence-corrected chi connectivity index (χ4v) is 2.88. The van der Waals surface area contributed by atoms with Gasteiger partial charge in [0.15, 0.2) is 11.5 Å². The summed E-state index contributed by atoms with van der Waals surface area (Å²) >= 11 is 0. The fraction of sp³-hybridized carbons (Fsp3) is 0.100. The topological polar surface area (TPSA) is 48.7 Å². The summed E-state index contributed by atoms with van der Waals surface area (Å²) in [5.74, 6) is 1.44. The number of hydrogen-bond donors (Lipinski definition) is 0. The molecule has 0 fully saturated rings. The minimum atomic E-state index is -0.363. The summed E-state index contributed by atoms with van der Waals surface area (Å²) in [4.78, 5) is 0. The monoisotopic (exact) mass is 349 g/mol. The van der Waals surface area contributed by atoms with Gasteiger partial charge in [-0.2, -0.15) is 0 Å². The second-order valence-electron chi connectivity index (χ2n) is 5.74. The highest BCUT2D eigenvalue weighted by Crippen LogP contribution is 2.31. The van der Waals surface area contributed by atoms with Gasteiger partial charge in [-0.15, -0.1) is 10.2 Å². The van der Waals surface area contributed by atoms with Crippen molar-refractivity contribution in [2.24, 2.45) is 0 Å². The van der Waals surface area contributed by atoms with E-state index in [4.69, 9.17) is 9.47 Å². The van der Waals surface area contributed by atoms with Crippen molar-refractivity contribution in [3.63, 3.8) is 0 Å². The molecule has 2 aromatic heterocycles. The number of rotatable bonds is 4. The van der Waals surface area contributed by atoms with Crippen molar-refractivity contribution in [3.8, 4) is 34.0 Å². The molecule has 2 aromatic carbocycles. The summed E-state index contributed by atoms with van der Waals surface area (Å²) in [6, 6.07) is 16.0. The van der Waals surface area contributed by atoms with E-state index in [0.29, 0.717) is 22.8 Å². The molecule has 0 atom stereocenters. The Balaban J connectivity index is 1.85. The van der Waals surface area contributed by atoms with Gasteiger partial charge in [0.05, 0.1) is 19.8 Å². The van der Waals surface area contributed by atoms with E-state index >= 15 is 0 Å². The lowest BCUT2D eigenvalue weighted by atomic mass is 10.1. The van der Waals surface area contributed by atoms with Crippen LogP contribution < -0.4 is 9.47 Å². The van der Waals surface area contributed by atoms with Gasteiger partial charge in [-0.25, -0.2) is 4.39 Å². The zero-order chi connectivity index (χ0) is 18.1. The maximum Gasteiger partial charge on any atom is 0.172 e. The molecule has 0 aliphatic carbocycles. The van der Waals surface area contributed by atoms with Gasteiger partial charge in [-0.3, -0.25) is 4.40 Å². The number of nitrogens with zero attached hydrogens (tertiary/aromatic N) is 3. The summed E-state index contributed by atoms with van der Waals surface area (Å²) in [5, 5.41) is 8.46. The first-order valence-electron chi connectivity index (χ1n) is 8.03. The van der Waals surface area contributed by atoms with Gasteiger partial charge < -0.3 is 9.47 Å². The second kappa shape index (κ2) is 6.48. The second-order valence-corrected chi connectivity index (χ2v) is 5.74. The molecule has 0 saturated heterocycles. The molecule has 5 nitrogen and oxygen atoms in total. The molecule has 26 heavy (non-hydrogen) atoms. The smallest absolute Gasteiger partial charge is 0.172 e. The van der Waals surface area contributed by atoms with Crippen LogP contribution in [0.5, 0.6) is 11.5 Å². The number of methoxy groups -OCH3 is 2. The van der Waals surface area contributed by atoms with Gasteiger partial charge in [-0.1, -0.05) is 12.1 Å². The number of aromatic nitrogens is 3. The molecular formula is C20H16FN3O2. The number of benzene rings is 2. The van der Waals surface area contributed by atoms with Crippen LogP contribution in [0.15, 0.2) is 60.8 Å². The molecule has 2 heterocycles. The Morgan fingerprint density at radius 2 is 1.62 bits per heavy atom. The molecule has 4 rings (SSSR count). The minimum absolute atomic E-state index is 0.363. The molecule has 0 bridgehead atoms. The Morgan fingerprint density at radius 3 is 2.35 bits per heavy atom. The van der Waals surface area contributed by atoms with Crippen LogP contribution in [0.1, 0.15) is 0 Å². The van der Waals surface area contributed by atoms with Crippen LogP contribution in [0.3, 0.4) is 0 Å². The first-order chi connectivity index (χ1) is 12.7. The van der Waals surface area contributed by atoms with Crippen LogP contribution in [0.25, 0.3) is 28.2 Å². The molecule has 130 valence electrons. The van der Waals surface area contributed by atoms with Crippen molar-refractivity contribution in [1.29, 1.82) is 0 Å². The predicted octanol–water partition coefficient (Wildman–Crippen LogP) is 4.22. The average Bonchev–Trinajstić information content (AvgIpc) is 3.11. The van der Waals surface area contributed by atoms with Crippen molar-refractivity contribution in [1.82, 2.24) is 14.6 Å². The van der Waals surface area contributed by atoms with Gasteiger partial charge in [0.2, 0.25) is 0 Å². The number of halogens is 1. The van der Waals surface area contributed by atoms with Crippen LogP contribution in [0, 0.1) is 5.82 Å². The Bertz CT molecular complexity index is 1070. The highest BCUT2D eigenvalue weighted by molar-refractivity contribution is 5.70. The molecule has 6 heteroatoms. The number of hydrogen-bond acceptors (Lipinski definition) is 4. The zero-order valence-corrected chi connectivity index (χ0v) is 14.3. The van der Waals surface area contributed by atoms with E-state index in [0.717, 1.165) is 16.9 Å². The number of ether oxygens (including phenoxy) is 2. The van der Waals surface area contributed by atoms with Crippen molar-refractivity contribution in [2.75, 3.05) is 14.2 Å². The third kappa shape index (κ3) is 2.75. The Hall–Kier alpha value is -3.41. The van der Waals surface area contributed by atoms with Crippen molar-refractivity contribution in [2.45, 2.75) is 0 Å². The van der Waals surface area contributed by atoms with Gasteiger partial charge in [0.1, 0.15) is 17.3 Å². The predicted molar refractivity (Wildman–Crippen MR) is 96.9 cm³/mol. The van der Waals surface area contributed by atoms with E-state index in [1.807, 2.05) is 47.0 Å². The molecule has 0 aliphatic heterocycles. The molecule has 0 amide bonds. The maximum atomic E-state index is 13.5. The SMILES string of the molecule is COc1ccc(-c2ccc3nnc(-c4ccc(F)cc4OC)n3c2)cc1. The van der Waals surface area contributed by atoms with Crippen LogP contribution in [-0.2, 0) is 0 Å². The van der Waals surface area contributed by atoms with Gasteiger partial charge in [0.25, 0.3) is 0 Å². The Kier molecular flexibility index (Phi) is 4.01. The van der Waals surface area contributed by atoms with Crippen molar-refractivity contribution >= 4 is 5.65 Å². The van der Waals surface area contributed by atoms with Crippen molar-refractivity contribution in [3.05, 3.63) is 66.6 Å². The van der Waals surface area contributed by atoms with Gasteiger partial charge in [-0.05, 0) is 47.5 Å². The molecule has 0 unspecified atom stereocenters. The zero-order valence-electron chi connectivity index (χ0n) is 14.3. The van der Waals surface area contributed by atoms with E-state index in [9.17, 15) is 4.39 Å². The summed E-state index contributed by atoms with van der Waals surface area (Å²) < 4.78 is 25.9. The lowest BCUT2D eigenvalue weighted by molar-refractivity contribution is 0.412. The third-order valence-corrected chi connectivity index (χ3v) is 4.23. The third-order valence-electron chi connectivity index (χ3n) is 4.23. The van der Waals surface area contributed by atoms with Crippen LogP contribution in [0.4, 0.5) is 4.39 Å². The molecule has 0 spiro atoms. The lowest BCUT2D eigenvalue weighted by Crippen LogP contribution is -1.95. The standard InChI is InChI=1S/C20H16FN3O2/c1-25-16-7-3-13(4-8-16)14-5-10-19-22-23-20(24(19)12-14)17-9-6-15(21)11-18(17)26-2/h3-12H,1-2H3. The molecule has 0 saturated carbocycles. The van der Waals surface area contributed by atoms with E-state index in [-0.39, 0.29) is 5.82 Å². The Labute approximate surface area is 149 Å². The number of fused-ring (bicyclic) bond motifs is 1. The molecule has 0 aliphatic rings. The van der Waals surface area contributed by atoms with E-state index in [1.165, 1.54) is 19.2 Å². The maximum absolute atomic E-state index is 13.5. The van der Waals surface area contributed by atoms with Crippen LogP contribution in [-0.4, -0.2) is 28.8 Å². The lowest BCUT2D eigenvalue weighted by Gasteiger charge is -2.08. The first kappa shape index (κ1) is 16.1. The molecule has 0 N–H and O–H groups in total. The van der Waals surface area contributed by atoms with E-state index < -0.39 is 0 Å². The highest BCUT2D eigenvalue weighted by atomic mass is 19.1. The van der Waals surface area contributed by atoms with E-state index in [2.05, 4.69) is 10.2 Å². The molecule has 0 radical (unpaired) electrons. The van der Waals surface area contributed by atoms with Gasteiger partial charge >= 0.3 is 0 Å². The van der Waals surface area contributed by atoms with Crippen molar-refractivity contribution < 1.29 is 13.9 Å².